The van der Waals surface area contributed by atoms with Gasteiger partial charge in [0.1, 0.15) is 5.75 Å². The van der Waals surface area contributed by atoms with Crippen molar-refractivity contribution in [2.45, 2.75) is 19.6 Å². The molecule has 5 heteroatoms. The van der Waals surface area contributed by atoms with Crippen molar-refractivity contribution in [1.82, 2.24) is 5.32 Å². The summed E-state index contributed by atoms with van der Waals surface area (Å²) in [5.74, 6) is 0.186. The maximum Gasteiger partial charge on any atom is 0.387 e. The number of methoxy groups -OCH3 is 1. The fourth-order valence-electron chi connectivity index (χ4n) is 1.64. The molecule has 17 heavy (non-hydrogen) atoms. The van der Waals surface area contributed by atoms with Crippen molar-refractivity contribution in [1.29, 1.82) is 0 Å². The van der Waals surface area contributed by atoms with E-state index < -0.39 is 6.61 Å². The summed E-state index contributed by atoms with van der Waals surface area (Å²) in [7, 11) is 1.57. The number of benzene rings is 1. The average Bonchev–Trinajstić information content (AvgIpc) is 2.29. The standard InChI is InChI=1S/C12H17F2NO2/c1-3-15-10(8-16-2)9-6-4-5-7-11(9)17-12(13)14/h4-7,10,12,15H,3,8H2,1-2H3. The zero-order chi connectivity index (χ0) is 12.7. The van der Waals surface area contributed by atoms with E-state index in [4.69, 9.17) is 4.74 Å². The highest BCUT2D eigenvalue weighted by atomic mass is 19.3. The molecule has 0 saturated heterocycles. The summed E-state index contributed by atoms with van der Waals surface area (Å²) in [5, 5.41) is 3.16. The number of para-hydroxylation sites is 1. The van der Waals surface area contributed by atoms with Crippen molar-refractivity contribution in [3.05, 3.63) is 29.8 Å². The SMILES string of the molecule is CCNC(COC)c1ccccc1OC(F)F. The van der Waals surface area contributed by atoms with Gasteiger partial charge in [0.2, 0.25) is 0 Å². The number of alkyl halides is 2. The lowest BCUT2D eigenvalue weighted by molar-refractivity contribution is -0.0509. The van der Waals surface area contributed by atoms with E-state index in [1.165, 1.54) is 6.07 Å². The maximum absolute atomic E-state index is 12.3. The molecular weight excluding hydrogens is 228 g/mol. The van der Waals surface area contributed by atoms with Crippen LogP contribution in [0.5, 0.6) is 5.75 Å². The Morgan fingerprint density at radius 2 is 2.00 bits per heavy atom. The van der Waals surface area contributed by atoms with E-state index in [-0.39, 0.29) is 11.8 Å². The number of hydrogen-bond donors (Lipinski definition) is 1. The van der Waals surface area contributed by atoms with E-state index in [0.717, 1.165) is 6.54 Å². The Kier molecular flexibility index (Phi) is 5.86. The number of nitrogens with one attached hydrogen (secondary N) is 1. The second-order valence-corrected chi connectivity index (χ2v) is 3.48. The molecule has 0 amide bonds. The summed E-state index contributed by atoms with van der Waals surface area (Å²) >= 11 is 0. The van der Waals surface area contributed by atoms with Gasteiger partial charge in [-0.3, -0.25) is 0 Å². The van der Waals surface area contributed by atoms with Crippen molar-refractivity contribution in [3.8, 4) is 5.75 Å². The van der Waals surface area contributed by atoms with Gasteiger partial charge in [-0.25, -0.2) is 0 Å². The van der Waals surface area contributed by atoms with Crippen molar-refractivity contribution < 1.29 is 18.3 Å². The van der Waals surface area contributed by atoms with Gasteiger partial charge in [0.15, 0.2) is 0 Å². The lowest BCUT2D eigenvalue weighted by atomic mass is 10.1. The normalized spacial score (nSPS) is 12.8. The number of rotatable bonds is 7. The van der Waals surface area contributed by atoms with Crippen molar-refractivity contribution in [2.24, 2.45) is 0 Å². The van der Waals surface area contributed by atoms with Crippen LogP contribution in [0.3, 0.4) is 0 Å². The molecule has 0 fully saturated rings. The van der Waals surface area contributed by atoms with Gasteiger partial charge >= 0.3 is 6.61 Å². The van der Waals surface area contributed by atoms with Gasteiger partial charge < -0.3 is 14.8 Å². The Bertz CT molecular complexity index is 328. The van der Waals surface area contributed by atoms with Gasteiger partial charge in [0.05, 0.1) is 12.6 Å². The highest BCUT2D eigenvalue weighted by Gasteiger charge is 2.17. The molecule has 0 aromatic heterocycles. The van der Waals surface area contributed by atoms with Crippen LogP contribution in [0.15, 0.2) is 24.3 Å². The van der Waals surface area contributed by atoms with E-state index in [0.29, 0.717) is 12.2 Å². The number of hydrogen-bond acceptors (Lipinski definition) is 3. The van der Waals surface area contributed by atoms with Crippen molar-refractivity contribution >= 4 is 0 Å². The molecule has 1 rings (SSSR count). The Morgan fingerprint density at radius 1 is 1.29 bits per heavy atom. The Labute approximate surface area is 99.7 Å². The first-order chi connectivity index (χ1) is 8.19. The summed E-state index contributed by atoms with van der Waals surface area (Å²) in [4.78, 5) is 0. The molecule has 0 aliphatic rings. The van der Waals surface area contributed by atoms with Crippen LogP contribution in [0.4, 0.5) is 8.78 Å². The summed E-state index contributed by atoms with van der Waals surface area (Å²) in [5.41, 5.74) is 0.677. The molecular formula is C12H17F2NO2. The fourth-order valence-corrected chi connectivity index (χ4v) is 1.64. The summed E-state index contributed by atoms with van der Waals surface area (Å²) in [6.45, 7) is 0.245. The third-order valence-corrected chi connectivity index (χ3v) is 2.29. The Balaban J connectivity index is 2.91. The van der Waals surface area contributed by atoms with E-state index in [1.54, 1.807) is 25.3 Å². The zero-order valence-corrected chi connectivity index (χ0v) is 9.95. The van der Waals surface area contributed by atoms with Crippen LogP contribution in [0.2, 0.25) is 0 Å². The molecule has 3 nitrogen and oxygen atoms in total. The second-order valence-electron chi connectivity index (χ2n) is 3.48. The smallest absolute Gasteiger partial charge is 0.387 e. The molecule has 0 radical (unpaired) electrons. The minimum Gasteiger partial charge on any atom is -0.434 e. The summed E-state index contributed by atoms with van der Waals surface area (Å²) in [6, 6.07) is 6.58. The van der Waals surface area contributed by atoms with Gasteiger partial charge in [-0.2, -0.15) is 8.78 Å². The number of likely N-dealkylation sites (N-methyl/N-ethyl adjacent to an activating group) is 1. The number of ether oxygens (including phenoxy) is 2. The van der Waals surface area contributed by atoms with Crippen LogP contribution in [0.25, 0.3) is 0 Å². The molecule has 0 heterocycles. The van der Waals surface area contributed by atoms with E-state index in [9.17, 15) is 8.78 Å². The van der Waals surface area contributed by atoms with Gasteiger partial charge in [-0.05, 0) is 12.6 Å². The largest absolute Gasteiger partial charge is 0.434 e. The second kappa shape index (κ2) is 7.19. The lowest BCUT2D eigenvalue weighted by Gasteiger charge is -2.20. The molecule has 1 unspecified atom stereocenters. The minimum atomic E-state index is -2.82. The molecule has 0 saturated carbocycles. The van der Waals surface area contributed by atoms with Crippen LogP contribution in [0, 0.1) is 0 Å². The number of halogens is 2. The first-order valence-corrected chi connectivity index (χ1v) is 5.45. The highest BCUT2D eigenvalue weighted by molar-refractivity contribution is 5.36. The summed E-state index contributed by atoms with van der Waals surface area (Å²) in [6.07, 6.45) is 0. The van der Waals surface area contributed by atoms with Crippen LogP contribution < -0.4 is 10.1 Å². The molecule has 1 aromatic carbocycles. The van der Waals surface area contributed by atoms with Gasteiger partial charge in [0, 0.05) is 12.7 Å². The van der Waals surface area contributed by atoms with Gasteiger partial charge in [-0.15, -0.1) is 0 Å². The van der Waals surface area contributed by atoms with Gasteiger partial charge in [0.25, 0.3) is 0 Å². The van der Waals surface area contributed by atoms with Crippen LogP contribution >= 0.6 is 0 Å². The Morgan fingerprint density at radius 3 is 2.59 bits per heavy atom. The fraction of sp³-hybridized carbons (Fsp3) is 0.500. The monoisotopic (exact) mass is 245 g/mol. The lowest BCUT2D eigenvalue weighted by Crippen LogP contribution is -2.25. The first-order valence-electron chi connectivity index (χ1n) is 5.45. The Hall–Kier alpha value is -1.20. The van der Waals surface area contributed by atoms with E-state index in [1.807, 2.05) is 6.92 Å². The van der Waals surface area contributed by atoms with Crippen molar-refractivity contribution in [3.63, 3.8) is 0 Å². The zero-order valence-electron chi connectivity index (χ0n) is 9.95. The molecule has 1 aromatic rings. The summed E-state index contributed by atoms with van der Waals surface area (Å²) < 4.78 is 34.1. The minimum absolute atomic E-state index is 0.153. The predicted octanol–water partition coefficient (Wildman–Crippen LogP) is 2.59. The predicted molar refractivity (Wildman–Crippen MR) is 61.4 cm³/mol. The van der Waals surface area contributed by atoms with Crippen molar-refractivity contribution in [2.75, 3.05) is 20.3 Å². The first kappa shape index (κ1) is 13.9. The van der Waals surface area contributed by atoms with E-state index in [2.05, 4.69) is 10.1 Å². The molecule has 1 N–H and O–H groups in total. The molecule has 0 aliphatic heterocycles. The topological polar surface area (TPSA) is 30.5 Å². The van der Waals surface area contributed by atoms with E-state index >= 15 is 0 Å². The quantitative estimate of drug-likeness (QED) is 0.801. The third kappa shape index (κ3) is 4.28. The maximum atomic E-state index is 12.3. The third-order valence-electron chi connectivity index (χ3n) is 2.29. The van der Waals surface area contributed by atoms with Crippen LogP contribution in [-0.2, 0) is 4.74 Å². The van der Waals surface area contributed by atoms with Crippen LogP contribution in [0.1, 0.15) is 18.5 Å². The molecule has 1 atom stereocenters. The molecule has 0 bridgehead atoms. The molecule has 0 aliphatic carbocycles. The highest BCUT2D eigenvalue weighted by Crippen LogP contribution is 2.26. The van der Waals surface area contributed by atoms with Gasteiger partial charge in [-0.1, -0.05) is 25.1 Å². The average molecular weight is 245 g/mol. The molecule has 96 valence electrons. The van der Waals surface area contributed by atoms with Crippen LogP contribution in [-0.4, -0.2) is 26.9 Å². The molecule has 0 spiro atoms.